The van der Waals surface area contributed by atoms with Crippen LogP contribution in [0.15, 0.2) is 67.1 Å². The van der Waals surface area contributed by atoms with E-state index in [1.165, 1.54) is 5.56 Å². The zero-order valence-electron chi connectivity index (χ0n) is 14.0. The molecule has 122 valence electrons. The average Bonchev–Trinajstić information content (AvgIpc) is 2.67. The van der Waals surface area contributed by atoms with Crippen molar-refractivity contribution in [1.29, 1.82) is 0 Å². The molecule has 0 unspecified atom stereocenters. The lowest BCUT2D eigenvalue weighted by atomic mass is 10.2. The lowest BCUT2D eigenvalue weighted by molar-refractivity contribution is 0.851. The van der Waals surface area contributed by atoms with E-state index in [0.717, 1.165) is 24.5 Å². The van der Waals surface area contributed by atoms with Crippen LogP contribution in [0.4, 0.5) is 17.5 Å². The van der Waals surface area contributed by atoms with Crippen molar-refractivity contribution >= 4 is 17.5 Å². The highest BCUT2D eigenvalue weighted by atomic mass is 15.3. The van der Waals surface area contributed by atoms with Gasteiger partial charge in [-0.25, -0.2) is 4.98 Å². The van der Waals surface area contributed by atoms with Crippen molar-refractivity contribution in [3.8, 4) is 0 Å². The first-order valence-electron chi connectivity index (χ1n) is 7.96. The Balaban J connectivity index is 1.70. The number of anilines is 3. The molecule has 3 rings (SSSR count). The summed E-state index contributed by atoms with van der Waals surface area (Å²) >= 11 is 0. The Morgan fingerprint density at radius 1 is 0.875 bits per heavy atom. The third-order valence-electron chi connectivity index (χ3n) is 3.95. The summed E-state index contributed by atoms with van der Waals surface area (Å²) in [5, 5.41) is 0. The van der Waals surface area contributed by atoms with Crippen LogP contribution < -0.4 is 9.80 Å². The summed E-state index contributed by atoms with van der Waals surface area (Å²) in [5.41, 5.74) is 2.33. The molecule has 0 aliphatic carbocycles. The highest BCUT2D eigenvalue weighted by Crippen LogP contribution is 2.21. The fourth-order valence-corrected chi connectivity index (χ4v) is 2.44. The van der Waals surface area contributed by atoms with Crippen molar-refractivity contribution < 1.29 is 0 Å². The minimum atomic E-state index is 0.689. The minimum absolute atomic E-state index is 0.689. The maximum Gasteiger partial charge on any atom is 0.231 e. The predicted octanol–water partition coefficient (Wildman–Crippen LogP) is 3.32. The van der Waals surface area contributed by atoms with Crippen LogP contribution in [0.2, 0.25) is 0 Å². The van der Waals surface area contributed by atoms with E-state index in [-0.39, 0.29) is 0 Å². The van der Waals surface area contributed by atoms with Crippen LogP contribution in [0.5, 0.6) is 0 Å². The summed E-state index contributed by atoms with van der Waals surface area (Å²) in [5.74, 6) is 1.60. The van der Waals surface area contributed by atoms with Crippen molar-refractivity contribution in [2.24, 2.45) is 0 Å². The number of nitrogens with zero attached hydrogens (tertiary/aromatic N) is 5. The van der Waals surface area contributed by atoms with Gasteiger partial charge in [0.05, 0.1) is 0 Å². The van der Waals surface area contributed by atoms with Crippen LogP contribution in [-0.2, 0) is 6.42 Å². The largest absolute Gasteiger partial charge is 0.359 e. The topological polar surface area (TPSA) is 45.2 Å². The Hall–Kier alpha value is -2.95. The Kier molecular flexibility index (Phi) is 5.01. The summed E-state index contributed by atoms with van der Waals surface area (Å²) in [6.45, 7) is 0.884. The third kappa shape index (κ3) is 3.87. The van der Waals surface area contributed by atoms with Gasteiger partial charge in [0, 0.05) is 44.9 Å². The lowest BCUT2D eigenvalue weighted by Gasteiger charge is -2.21. The molecule has 0 amide bonds. The molecular weight excluding hydrogens is 298 g/mol. The molecule has 0 saturated heterocycles. The molecule has 0 aliphatic rings. The van der Waals surface area contributed by atoms with E-state index in [4.69, 9.17) is 0 Å². The molecule has 0 spiro atoms. The lowest BCUT2D eigenvalue weighted by Crippen LogP contribution is -2.23. The SMILES string of the molecule is CN(CCc1ccncc1)c1ccnc(N(C)c2ccccc2)n1. The van der Waals surface area contributed by atoms with Crippen LogP contribution in [0, 0.1) is 0 Å². The van der Waals surface area contributed by atoms with E-state index in [0.29, 0.717) is 5.95 Å². The van der Waals surface area contributed by atoms with Gasteiger partial charge in [0.2, 0.25) is 5.95 Å². The zero-order valence-corrected chi connectivity index (χ0v) is 14.0. The zero-order chi connectivity index (χ0) is 16.8. The van der Waals surface area contributed by atoms with Gasteiger partial charge in [-0.2, -0.15) is 4.98 Å². The molecule has 0 bridgehead atoms. The molecule has 0 atom stereocenters. The maximum atomic E-state index is 4.69. The van der Waals surface area contributed by atoms with E-state index in [1.54, 1.807) is 6.20 Å². The number of pyridine rings is 1. The molecule has 0 radical (unpaired) electrons. The Labute approximate surface area is 142 Å². The Morgan fingerprint density at radius 2 is 1.62 bits per heavy atom. The molecule has 2 heterocycles. The number of benzene rings is 1. The molecule has 0 aliphatic heterocycles. The van der Waals surface area contributed by atoms with Gasteiger partial charge in [0.15, 0.2) is 0 Å². The highest BCUT2D eigenvalue weighted by molar-refractivity contribution is 5.57. The van der Waals surface area contributed by atoms with Crippen molar-refractivity contribution in [3.63, 3.8) is 0 Å². The summed E-state index contributed by atoms with van der Waals surface area (Å²) in [6.07, 6.45) is 6.41. The summed E-state index contributed by atoms with van der Waals surface area (Å²) in [4.78, 5) is 17.3. The predicted molar refractivity (Wildman–Crippen MR) is 97.7 cm³/mol. The van der Waals surface area contributed by atoms with Crippen molar-refractivity contribution in [1.82, 2.24) is 15.0 Å². The molecule has 2 aromatic heterocycles. The smallest absolute Gasteiger partial charge is 0.231 e. The van der Waals surface area contributed by atoms with Crippen LogP contribution in [0.25, 0.3) is 0 Å². The molecule has 5 heteroatoms. The number of hydrogen-bond donors (Lipinski definition) is 0. The second-order valence-electron chi connectivity index (χ2n) is 5.64. The second-order valence-corrected chi connectivity index (χ2v) is 5.64. The highest BCUT2D eigenvalue weighted by Gasteiger charge is 2.09. The van der Waals surface area contributed by atoms with Gasteiger partial charge in [-0.3, -0.25) is 4.98 Å². The number of rotatable bonds is 6. The summed E-state index contributed by atoms with van der Waals surface area (Å²) in [7, 11) is 4.03. The van der Waals surface area contributed by atoms with Crippen LogP contribution >= 0.6 is 0 Å². The monoisotopic (exact) mass is 319 g/mol. The first kappa shape index (κ1) is 15.9. The first-order valence-corrected chi connectivity index (χ1v) is 7.96. The molecule has 5 nitrogen and oxygen atoms in total. The molecule has 3 aromatic rings. The van der Waals surface area contributed by atoms with E-state index < -0.39 is 0 Å². The van der Waals surface area contributed by atoms with E-state index in [1.807, 2.05) is 72.9 Å². The molecule has 0 N–H and O–H groups in total. The van der Waals surface area contributed by atoms with E-state index in [9.17, 15) is 0 Å². The fraction of sp³-hybridized carbons (Fsp3) is 0.211. The average molecular weight is 319 g/mol. The molecular formula is C19H21N5. The maximum absolute atomic E-state index is 4.69. The standard InChI is InChI=1S/C19H21N5/c1-23(15-11-16-8-12-20-13-9-16)18-10-14-21-19(22-18)24(2)17-6-4-3-5-7-17/h3-10,12-14H,11,15H2,1-2H3. The second kappa shape index (κ2) is 7.55. The summed E-state index contributed by atoms with van der Waals surface area (Å²) < 4.78 is 0. The van der Waals surface area contributed by atoms with Gasteiger partial charge in [0.25, 0.3) is 0 Å². The quantitative estimate of drug-likeness (QED) is 0.697. The van der Waals surface area contributed by atoms with Gasteiger partial charge < -0.3 is 9.80 Å². The normalized spacial score (nSPS) is 10.4. The number of aromatic nitrogens is 3. The molecule has 0 saturated carbocycles. The number of para-hydroxylation sites is 1. The van der Waals surface area contributed by atoms with Gasteiger partial charge in [-0.05, 0) is 42.3 Å². The third-order valence-corrected chi connectivity index (χ3v) is 3.95. The molecule has 0 fully saturated rings. The van der Waals surface area contributed by atoms with Gasteiger partial charge in [0.1, 0.15) is 5.82 Å². The fourth-order valence-electron chi connectivity index (χ4n) is 2.44. The van der Waals surface area contributed by atoms with Gasteiger partial charge >= 0.3 is 0 Å². The summed E-state index contributed by atoms with van der Waals surface area (Å²) in [6, 6.07) is 16.1. The molecule has 1 aromatic carbocycles. The minimum Gasteiger partial charge on any atom is -0.359 e. The van der Waals surface area contributed by atoms with Crippen LogP contribution in [-0.4, -0.2) is 35.6 Å². The van der Waals surface area contributed by atoms with Crippen molar-refractivity contribution in [2.75, 3.05) is 30.4 Å². The Morgan fingerprint density at radius 3 is 2.38 bits per heavy atom. The number of likely N-dealkylation sites (N-methyl/N-ethyl adjacent to an activating group) is 1. The molecule has 24 heavy (non-hydrogen) atoms. The number of hydrogen-bond acceptors (Lipinski definition) is 5. The Bertz CT molecular complexity index is 761. The van der Waals surface area contributed by atoms with E-state index in [2.05, 4.69) is 26.9 Å². The van der Waals surface area contributed by atoms with Crippen LogP contribution in [0.3, 0.4) is 0 Å². The van der Waals surface area contributed by atoms with Crippen LogP contribution in [0.1, 0.15) is 5.56 Å². The van der Waals surface area contributed by atoms with E-state index >= 15 is 0 Å². The van der Waals surface area contributed by atoms with Crippen molar-refractivity contribution in [2.45, 2.75) is 6.42 Å². The van der Waals surface area contributed by atoms with Gasteiger partial charge in [-0.1, -0.05) is 18.2 Å². The van der Waals surface area contributed by atoms with Crippen molar-refractivity contribution in [3.05, 3.63) is 72.7 Å². The van der Waals surface area contributed by atoms with Gasteiger partial charge in [-0.15, -0.1) is 0 Å². The first-order chi connectivity index (χ1) is 11.7.